The summed E-state index contributed by atoms with van der Waals surface area (Å²) in [5, 5.41) is 0. The smallest absolute Gasteiger partial charge is 0.161 e. The maximum atomic E-state index is 11.6. The summed E-state index contributed by atoms with van der Waals surface area (Å²) in [5.74, 6) is 1.36. The SMILES string of the molecule is CCOc1cc(C(=CC(C)=O)c2ccccc2)ccc1OC. The number of hydrogen-bond donors (Lipinski definition) is 0. The largest absolute Gasteiger partial charge is 0.493 e. The van der Waals surface area contributed by atoms with E-state index in [0.717, 1.165) is 16.7 Å². The molecule has 0 aromatic heterocycles. The second kappa shape index (κ2) is 7.46. The van der Waals surface area contributed by atoms with E-state index in [4.69, 9.17) is 9.47 Å². The Balaban J connectivity index is 2.53. The fourth-order valence-electron chi connectivity index (χ4n) is 2.27. The van der Waals surface area contributed by atoms with Gasteiger partial charge in [-0.2, -0.15) is 0 Å². The number of ketones is 1. The van der Waals surface area contributed by atoms with Gasteiger partial charge in [-0.25, -0.2) is 0 Å². The summed E-state index contributed by atoms with van der Waals surface area (Å²) in [6.07, 6.45) is 1.65. The van der Waals surface area contributed by atoms with Crippen molar-refractivity contribution in [3.63, 3.8) is 0 Å². The van der Waals surface area contributed by atoms with Gasteiger partial charge in [0.2, 0.25) is 0 Å². The molecule has 0 unspecified atom stereocenters. The third kappa shape index (κ3) is 3.76. The van der Waals surface area contributed by atoms with E-state index in [1.165, 1.54) is 0 Å². The maximum absolute atomic E-state index is 11.6. The van der Waals surface area contributed by atoms with Crippen molar-refractivity contribution in [3.05, 3.63) is 65.7 Å². The Bertz CT molecular complexity index is 672. The molecule has 2 rings (SSSR count). The first-order valence-corrected chi connectivity index (χ1v) is 7.24. The highest BCUT2D eigenvalue weighted by Gasteiger charge is 2.11. The van der Waals surface area contributed by atoms with Gasteiger partial charge < -0.3 is 9.47 Å². The number of hydrogen-bond acceptors (Lipinski definition) is 3. The van der Waals surface area contributed by atoms with Crippen LogP contribution in [-0.4, -0.2) is 19.5 Å². The predicted molar refractivity (Wildman–Crippen MR) is 88.4 cm³/mol. The lowest BCUT2D eigenvalue weighted by molar-refractivity contribution is -0.112. The van der Waals surface area contributed by atoms with Gasteiger partial charge in [-0.3, -0.25) is 4.79 Å². The van der Waals surface area contributed by atoms with Gasteiger partial charge in [-0.05, 0) is 48.8 Å². The van der Waals surface area contributed by atoms with Crippen LogP contribution in [0.5, 0.6) is 11.5 Å². The predicted octanol–water partition coefficient (Wildman–Crippen LogP) is 4.11. The van der Waals surface area contributed by atoms with E-state index in [1.807, 2.05) is 55.5 Å². The molecule has 0 N–H and O–H groups in total. The molecule has 0 heterocycles. The lowest BCUT2D eigenvalue weighted by atomic mass is 9.96. The number of methoxy groups -OCH3 is 1. The first kappa shape index (κ1) is 15.8. The lowest BCUT2D eigenvalue weighted by Crippen LogP contribution is -1.98. The van der Waals surface area contributed by atoms with Crippen LogP contribution in [0.4, 0.5) is 0 Å². The molecule has 0 aliphatic carbocycles. The van der Waals surface area contributed by atoms with E-state index < -0.39 is 0 Å². The number of ether oxygens (including phenoxy) is 2. The molecule has 0 saturated carbocycles. The quantitative estimate of drug-likeness (QED) is 0.752. The van der Waals surface area contributed by atoms with Crippen LogP contribution in [0.25, 0.3) is 5.57 Å². The third-order valence-corrected chi connectivity index (χ3v) is 3.21. The van der Waals surface area contributed by atoms with Crippen molar-refractivity contribution in [2.75, 3.05) is 13.7 Å². The Morgan fingerprint density at radius 2 is 1.77 bits per heavy atom. The molecule has 0 radical (unpaired) electrons. The van der Waals surface area contributed by atoms with Crippen molar-refractivity contribution in [1.82, 2.24) is 0 Å². The standard InChI is InChI=1S/C19H20O3/c1-4-22-19-13-16(10-11-18(19)21-3)17(12-14(2)20)15-8-6-5-7-9-15/h5-13H,4H2,1-3H3. The van der Waals surface area contributed by atoms with Crippen molar-refractivity contribution in [3.8, 4) is 11.5 Å². The third-order valence-electron chi connectivity index (χ3n) is 3.21. The molecule has 0 aliphatic rings. The van der Waals surface area contributed by atoms with Crippen LogP contribution in [0.15, 0.2) is 54.6 Å². The van der Waals surface area contributed by atoms with Gasteiger partial charge in [0.15, 0.2) is 17.3 Å². The summed E-state index contributed by atoms with van der Waals surface area (Å²) in [4.78, 5) is 11.6. The Morgan fingerprint density at radius 1 is 1.05 bits per heavy atom. The first-order chi connectivity index (χ1) is 10.7. The molecule has 0 amide bonds. The van der Waals surface area contributed by atoms with E-state index in [1.54, 1.807) is 20.1 Å². The van der Waals surface area contributed by atoms with E-state index in [9.17, 15) is 4.79 Å². The van der Waals surface area contributed by atoms with E-state index in [0.29, 0.717) is 18.1 Å². The molecule has 0 fully saturated rings. The summed E-state index contributed by atoms with van der Waals surface area (Å²) >= 11 is 0. The number of carbonyl (C=O) groups excluding carboxylic acids is 1. The maximum Gasteiger partial charge on any atom is 0.161 e. The molecule has 3 heteroatoms. The van der Waals surface area contributed by atoms with Crippen LogP contribution >= 0.6 is 0 Å². The molecule has 22 heavy (non-hydrogen) atoms. The molecule has 2 aromatic rings. The average Bonchev–Trinajstić information content (AvgIpc) is 2.53. The van der Waals surface area contributed by atoms with Crippen molar-refractivity contribution in [2.24, 2.45) is 0 Å². The van der Waals surface area contributed by atoms with Crippen LogP contribution in [0.3, 0.4) is 0 Å². The summed E-state index contributed by atoms with van der Waals surface area (Å²) in [5.41, 5.74) is 2.78. The fourth-order valence-corrected chi connectivity index (χ4v) is 2.27. The highest BCUT2D eigenvalue weighted by Crippen LogP contribution is 2.33. The minimum absolute atomic E-state index is 0.00707. The first-order valence-electron chi connectivity index (χ1n) is 7.24. The molecular formula is C19H20O3. The van der Waals surface area contributed by atoms with Crippen LogP contribution in [0.2, 0.25) is 0 Å². The summed E-state index contributed by atoms with van der Waals surface area (Å²) < 4.78 is 10.9. The molecule has 0 spiro atoms. The number of carbonyl (C=O) groups is 1. The number of rotatable bonds is 6. The Morgan fingerprint density at radius 3 is 2.36 bits per heavy atom. The molecule has 0 bridgehead atoms. The lowest BCUT2D eigenvalue weighted by Gasteiger charge is -2.13. The van der Waals surface area contributed by atoms with Crippen molar-refractivity contribution >= 4 is 11.4 Å². The van der Waals surface area contributed by atoms with Crippen LogP contribution in [0, 0.1) is 0 Å². The minimum Gasteiger partial charge on any atom is -0.493 e. The zero-order valence-electron chi connectivity index (χ0n) is 13.1. The number of benzene rings is 2. The molecule has 0 atom stereocenters. The van der Waals surface area contributed by atoms with Gasteiger partial charge in [0, 0.05) is 0 Å². The minimum atomic E-state index is 0.00707. The number of allylic oxidation sites excluding steroid dienone is 1. The van der Waals surface area contributed by atoms with Crippen molar-refractivity contribution < 1.29 is 14.3 Å². The van der Waals surface area contributed by atoms with E-state index in [-0.39, 0.29) is 5.78 Å². The molecule has 0 saturated heterocycles. The molecule has 3 nitrogen and oxygen atoms in total. The highest BCUT2D eigenvalue weighted by molar-refractivity contribution is 5.99. The average molecular weight is 296 g/mol. The summed E-state index contributed by atoms with van der Waals surface area (Å²) in [6.45, 7) is 4.03. The van der Waals surface area contributed by atoms with Crippen molar-refractivity contribution in [1.29, 1.82) is 0 Å². The zero-order chi connectivity index (χ0) is 15.9. The topological polar surface area (TPSA) is 35.5 Å². The Kier molecular flexibility index (Phi) is 5.37. The van der Waals surface area contributed by atoms with Gasteiger partial charge in [0.05, 0.1) is 13.7 Å². The second-order valence-corrected chi connectivity index (χ2v) is 4.83. The van der Waals surface area contributed by atoms with Crippen LogP contribution in [0.1, 0.15) is 25.0 Å². The molecular weight excluding hydrogens is 276 g/mol. The van der Waals surface area contributed by atoms with Gasteiger partial charge >= 0.3 is 0 Å². The van der Waals surface area contributed by atoms with Crippen molar-refractivity contribution in [2.45, 2.75) is 13.8 Å². The van der Waals surface area contributed by atoms with Gasteiger partial charge in [-0.15, -0.1) is 0 Å². The Hall–Kier alpha value is -2.55. The normalized spacial score (nSPS) is 11.1. The zero-order valence-corrected chi connectivity index (χ0v) is 13.1. The van der Waals surface area contributed by atoms with E-state index >= 15 is 0 Å². The van der Waals surface area contributed by atoms with Gasteiger partial charge in [-0.1, -0.05) is 36.4 Å². The second-order valence-electron chi connectivity index (χ2n) is 4.83. The van der Waals surface area contributed by atoms with E-state index in [2.05, 4.69) is 0 Å². The van der Waals surface area contributed by atoms with Gasteiger partial charge in [0.1, 0.15) is 0 Å². The van der Waals surface area contributed by atoms with Gasteiger partial charge in [0.25, 0.3) is 0 Å². The van der Waals surface area contributed by atoms with Crippen LogP contribution in [-0.2, 0) is 4.79 Å². The highest BCUT2D eigenvalue weighted by atomic mass is 16.5. The molecule has 0 aliphatic heterocycles. The summed E-state index contributed by atoms with van der Waals surface area (Å²) in [7, 11) is 1.61. The van der Waals surface area contributed by atoms with Crippen LogP contribution < -0.4 is 9.47 Å². The summed E-state index contributed by atoms with van der Waals surface area (Å²) in [6, 6.07) is 15.5. The molecule has 2 aromatic carbocycles. The fraction of sp³-hybridized carbons (Fsp3) is 0.211. The monoisotopic (exact) mass is 296 g/mol. The molecule has 114 valence electrons. The Labute approximate surface area is 131 Å².